The van der Waals surface area contributed by atoms with Gasteiger partial charge < -0.3 is 9.67 Å². The van der Waals surface area contributed by atoms with Crippen LogP contribution in [0.25, 0.3) is 10.9 Å². The Hall–Kier alpha value is -2.62. The summed E-state index contributed by atoms with van der Waals surface area (Å²) in [7, 11) is 1.81. The van der Waals surface area contributed by atoms with Crippen LogP contribution in [-0.2, 0) is 13.6 Å². The van der Waals surface area contributed by atoms with E-state index in [4.69, 9.17) is 0 Å². The molecule has 0 amide bonds. The van der Waals surface area contributed by atoms with Crippen molar-refractivity contribution in [3.05, 3.63) is 60.2 Å². The van der Waals surface area contributed by atoms with Crippen molar-refractivity contribution in [3.63, 3.8) is 0 Å². The van der Waals surface area contributed by atoms with Gasteiger partial charge in [0.15, 0.2) is 5.69 Å². The van der Waals surface area contributed by atoms with E-state index in [1.807, 2.05) is 61.6 Å². The van der Waals surface area contributed by atoms with Crippen molar-refractivity contribution < 1.29 is 5.11 Å². The standard InChI is InChI=1S/C16H15N3O/c1-19-14-10-6-5-9-13(14)15(16(19)20)18-17-11-12-7-3-2-4-8-12/h2-10,20H,11H2,1H3. The first-order valence-electron chi connectivity index (χ1n) is 6.45. The molecule has 0 bridgehead atoms. The second-order valence-electron chi connectivity index (χ2n) is 4.63. The quantitative estimate of drug-likeness (QED) is 0.710. The highest BCUT2D eigenvalue weighted by molar-refractivity contribution is 5.94. The molecule has 1 aromatic heterocycles. The number of para-hydroxylation sites is 1. The minimum Gasteiger partial charge on any atom is -0.493 e. The number of benzene rings is 2. The van der Waals surface area contributed by atoms with Crippen molar-refractivity contribution in [2.24, 2.45) is 17.3 Å². The minimum absolute atomic E-state index is 0.142. The zero-order valence-corrected chi connectivity index (χ0v) is 11.2. The van der Waals surface area contributed by atoms with Gasteiger partial charge in [0.25, 0.3) is 0 Å². The van der Waals surface area contributed by atoms with E-state index in [9.17, 15) is 5.11 Å². The van der Waals surface area contributed by atoms with Crippen molar-refractivity contribution in [2.75, 3.05) is 0 Å². The summed E-state index contributed by atoms with van der Waals surface area (Å²) >= 11 is 0. The first-order chi connectivity index (χ1) is 9.77. The van der Waals surface area contributed by atoms with E-state index in [0.29, 0.717) is 12.2 Å². The third kappa shape index (κ3) is 2.16. The average molecular weight is 265 g/mol. The molecule has 4 heteroatoms. The molecule has 1 N–H and O–H groups in total. The zero-order valence-electron chi connectivity index (χ0n) is 11.2. The topological polar surface area (TPSA) is 49.9 Å². The lowest BCUT2D eigenvalue weighted by atomic mass is 10.2. The molecule has 0 atom stereocenters. The highest BCUT2D eigenvalue weighted by atomic mass is 16.3. The molecular weight excluding hydrogens is 250 g/mol. The third-order valence-electron chi connectivity index (χ3n) is 3.32. The van der Waals surface area contributed by atoms with Gasteiger partial charge in [-0.25, -0.2) is 0 Å². The highest BCUT2D eigenvalue weighted by Gasteiger charge is 2.13. The number of rotatable bonds is 3. The molecule has 20 heavy (non-hydrogen) atoms. The molecule has 3 rings (SSSR count). The SMILES string of the molecule is Cn1c(O)c(N=NCc2ccccc2)c2ccccc21. The van der Waals surface area contributed by atoms with Crippen molar-refractivity contribution in [2.45, 2.75) is 6.54 Å². The van der Waals surface area contributed by atoms with E-state index in [2.05, 4.69) is 10.2 Å². The number of nitrogens with zero attached hydrogens (tertiary/aromatic N) is 3. The Labute approximate surface area is 117 Å². The molecule has 1 heterocycles. The van der Waals surface area contributed by atoms with E-state index in [1.54, 1.807) is 4.57 Å². The molecule has 0 aliphatic carbocycles. The Kier molecular flexibility index (Phi) is 3.21. The molecule has 0 spiro atoms. The number of hydrogen-bond donors (Lipinski definition) is 1. The average Bonchev–Trinajstić information content (AvgIpc) is 2.74. The van der Waals surface area contributed by atoms with Crippen LogP contribution in [-0.4, -0.2) is 9.67 Å². The van der Waals surface area contributed by atoms with Gasteiger partial charge in [-0.3, -0.25) is 0 Å². The predicted octanol–water partition coefficient (Wildman–Crippen LogP) is 4.17. The van der Waals surface area contributed by atoms with Crippen LogP contribution in [0.3, 0.4) is 0 Å². The Morgan fingerprint density at radius 1 is 1.00 bits per heavy atom. The van der Waals surface area contributed by atoms with Crippen LogP contribution in [0.5, 0.6) is 5.88 Å². The van der Waals surface area contributed by atoms with Crippen LogP contribution in [0.15, 0.2) is 64.8 Å². The summed E-state index contributed by atoms with van der Waals surface area (Å²) < 4.78 is 1.71. The van der Waals surface area contributed by atoms with Gasteiger partial charge in [0.05, 0.1) is 12.1 Å². The summed E-state index contributed by atoms with van der Waals surface area (Å²) in [5.74, 6) is 0.142. The summed E-state index contributed by atoms with van der Waals surface area (Å²) in [4.78, 5) is 0. The van der Waals surface area contributed by atoms with Crippen molar-refractivity contribution in [3.8, 4) is 5.88 Å². The van der Waals surface area contributed by atoms with E-state index >= 15 is 0 Å². The van der Waals surface area contributed by atoms with Gasteiger partial charge in [0.2, 0.25) is 5.88 Å². The van der Waals surface area contributed by atoms with Crippen LogP contribution in [0.1, 0.15) is 5.56 Å². The normalized spacial score (nSPS) is 11.4. The molecule has 0 fully saturated rings. The molecule has 4 nitrogen and oxygen atoms in total. The Balaban J connectivity index is 1.93. The fourth-order valence-corrected chi connectivity index (χ4v) is 2.23. The number of hydrogen-bond acceptors (Lipinski definition) is 3. The summed E-state index contributed by atoms with van der Waals surface area (Å²) in [6.07, 6.45) is 0. The molecule has 0 aliphatic rings. The van der Waals surface area contributed by atoms with Crippen molar-refractivity contribution >= 4 is 16.6 Å². The molecule has 100 valence electrons. The molecule has 3 aromatic rings. The maximum atomic E-state index is 10.1. The van der Waals surface area contributed by atoms with E-state index in [-0.39, 0.29) is 5.88 Å². The van der Waals surface area contributed by atoms with Crippen molar-refractivity contribution in [1.29, 1.82) is 0 Å². The molecular formula is C16H15N3O. The maximum absolute atomic E-state index is 10.1. The van der Waals surface area contributed by atoms with Gasteiger partial charge in [-0.15, -0.1) is 5.11 Å². The van der Waals surface area contributed by atoms with Crippen LogP contribution in [0, 0.1) is 0 Å². The second-order valence-corrected chi connectivity index (χ2v) is 4.63. The summed E-state index contributed by atoms with van der Waals surface area (Å²) in [6.45, 7) is 0.503. The summed E-state index contributed by atoms with van der Waals surface area (Å²) in [5.41, 5.74) is 2.56. The van der Waals surface area contributed by atoms with Crippen LogP contribution in [0.4, 0.5) is 5.69 Å². The van der Waals surface area contributed by atoms with Gasteiger partial charge in [-0.1, -0.05) is 48.5 Å². The monoisotopic (exact) mass is 265 g/mol. The number of aromatic hydroxyl groups is 1. The molecule has 0 unspecified atom stereocenters. The molecule has 0 aliphatic heterocycles. The first-order valence-corrected chi connectivity index (χ1v) is 6.45. The third-order valence-corrected chi connectivity index (χ3v) is 3.32. The minimum atomic E-state index is 0.142. The Morgan fingerprint density at radius 3 is 2.50 bits per heavy atom. The lowest BCUT2D eigenvalue weighted by Crippen LogP contribution is -1.84. The lowest BCUT2D eigenvalue weighted by molar-refractivity contribution is 0.436. The maximum Gasteiger partial charge on any atom is 0.220 e. The lowest BCUT2D eigenvalue weighted by Gasteiger charge is -1.95. The Morgan fingerprint density at radius 2 is 1.70 bits per heavy atom. The number of azo groups is 1. The van der Waals surface area contributed by atoms with Gasteiger partial charge in [-0.05, 0) is 11.6 Å². The summed E-state index contributed by atoms with van der Waals surface area (Å²) in [5, 5.41) is 19.4. The first kappa shape index (κ1) is 12.4. The van der Waals surface area contributed by atoms with Gasteiger partial charge >= 0.3 is 0 Å². The fourth-order valence-electron chi connectivity index (χ4n) is 2.23. The van der Waals surface area contributed by atoms with Gasteiger partial charge in [-0.2, -0.15) is 5.11 Å². The van der Waals surface area contributed by atoms with E-state index in [0.717, 1.165) is 16.5 Å². The van der Waals surface area contributed by atoms with E-state index < -0.39 is 0 Å². The van der Waals surface area contributed by atoms with E-state index in [1.165, 1.54) is 0 Å². The Bertz CT molecular complexity index is 760. The summed E-state index contributed by atoms with van der Waals surface area (Å²) in [6, 6.07) is 17.7. The molecule has 0 saturated heterocycles. The molecule has 2 aromatic carbocycles. The number of aryl methyl sites for hydroxylation is 1. The predicted molar refractivity (Wildman–Crippen MR) is 79.2 cm³/mol. The van der Waals surface area contributed by atoms with Gasteiger partial charge in [0, 0.05) is 12.4 Å². The smallest absolute Gasteiger partial charge is 0.220 e. The zero-order chi connectivity index (χ0) is 13.9. The van der Waals surface area contributed by atoms with Crippen LogP contribution < -0.4 is 0 Å². The van der Waals surface area contributed by atoms with Gasteiger partial charge in [0.1, 0.15) is 0 Å². The second kappa shape index (κ2) is 5.17. The number of aromatic nitrogens is 1. The molecule has 0 radical (unpaired) electrons. The van der Waals surface area contributed by atoms with Crippen molar-refractivity contribution in [1.82, 2.24) is 4.57 Å². The highest BCUT2D eigenvalue weighted by Crippen LogP contribution is 2.37. The number of fused-ring (bicyclic) bond motifs is 1. The largest absolute Gasteiger partial charge is 0.493 e. The van der Waals surface area contributed by atoms with Crippen LogP contribution >= 0.6 is 0 Å². The molecule has 0 saturated carbocycles. The fraction of sp³-hybridized carbons (Fsp3) is 0.125. The van der Waals surface area contributed by atoms with Crippen LogP contribution in [0.2, 0.25) is 0 Å².